The smallest absolute Gasteiger partial charge is 0.150 e. The molecular formula is C13H11Cl3N3O2-. The van der Waals surface area contributed by atoms with Crippen molar-refractivity contribution in [1.29, 1.82) is 0 Å². The molecule has 0 unspecified atom stereocenters. The Hall–Kier alpha value is -1.43. The van der Waals surface area contributed by atoms with Gasteiger partial charge in [-0.2, -0.15) is 0 Å². The van der Waals surface area contributed by atoms with Crippen LogP contribution in [0.3, 0.4) is 0 Å². The van der Waals surface area contributed by atoms with Crippen molar-refractivity contribution < 1.29 is 9.90 Å². The summed E-state index contributed by atoms with van der Waals surface area (Å²) in [6, 6.07) is 0. The van der Waals surface area contributed by atoms with Crippen LogP contribution in [0.1, 0.15) is 29.8 Å². The van der Waals surface area contributed by atoms with Gasteiger partial charge in [-0.25, -0.2) is 4.98 Å². The summed E-state index contributed by atoms with van der Waals surface area (Å²) in [6.45, 7) is 0. The van der Waals surface area contributed by atoms with Gasteiger partial charge in [0, 0.05) is 6.20 Å². The fourth-order valence-corrected chi connectivity index (χ4v) is 2.50. The van der Waals surface area contributed by atoms with Crippen molar-refractivity contribution in [3.8, 4) is 0 Å². The van der Waals surface area contributed by atoms with E-state index < -0.39 is 11.7 Å². The molecule has 2 N–H and O–H groups in total. The third-order valence-electron chi connectivity index (χ3n) is 2.88. The fourth-order valence-electron chi connectivity index (χ4n) is 1.82. The topological polar surface area (TPSA) is 77.1 Å². The number of allylic oxidation sites excluding steroid dienone is 3. The maximum absolute atomic E-state index is 10.9. The molecule has 0 spiro atoms. The van der Waals surface area contributed by atoms with Gasteiger partial charge < -0.3 is 15.3 Å². The van der Waals surface area contributed by atoms with Gasteiger partial charge >= 0.3 is 0 Å². The van der Waals surface area contributed by atoms with Crippen molar-refractivity contribution >= 4 is 46.5 Å². The molecule has 0 fully saturated rings. The number of anilines is 1. The van der Waals surface area contributed by atoms with Gasteiger partial charge in [-0.3, -0.25) is 5.43 Å². The van der Waals surface area contributed by atoms with Crippen LogP contribution in [0.2, 0.25) is 15.2 Å². The summed E-state index contributed by atoms with van der Waals surface area (Å²) in [6.07, 6.45) is 8.78. The first-order chi connectivity index (χ1) is 10.0. The lowest BCUT2D eigenvalue weighted by Crippen LogP contribution is -2.25. The van der Waals surface area contributed by atoms with Crippen molar-refractivity contribution in [2.24, 2.45) is 0 Å². The number of halogens is 3. The minimum absolute atomic E-state index is 0.0288. The van der Waals surface area contributed by atoms with Crippen molar-refractivity contribution in [3.05, 3.63) is 44.8 Å². The molecule has 1 aliphatic carbocycles. The third-order valence-corrected chi connectivity index (χ3v) is 3.99. The number of carboxylic acids is 1. The molecule has 0 atom stereocenters. The predicted octanol–water partition coefficient (Wildman–Crippen LogP) is 2.95. The molecule has 5 nitrogen and oxygen atoms in total. The lowest BCUT2D eigenvalue weighted by molar-refractivity contribution is -0.255. The zero-order valence-corrected chi connectivity index (χ0v) is 13.0. The van der Waals surface area contributed by atoms with Gasteiger partial charge in [-0.05, 0) is 24.8 Å². The zero-order valence-electron chi connectivity index (χ0n) is 10.8. The second-order valence-electron chi connectivity index (χ2n) is 4.33. The largest absolute Gasteiger partial charge is 0.543 e. The third kappa shape index (κ3) is 3.81. The van der Waals surface area contributed by atoms with Gasteiger partial charge in [0.25, 0.3) is 0 Å². The molecule has 1 heterocycles. The second kappa shape index (κ2) is 7.02. The summed E-state index contributed by atoms with van der Waals surface area (Å²) in [5.74, 6) is -1.53. The van der Waals surface area contributed by atoms with Crippen LogP contribution in [0.15, 0.2) is 23.9 Å². The van der Waals surface area contributed by atoms with Crippen LogP contribution in [0, 0.1) is 0 Å². The highest BCUT2D eigenvalue weighted by Gasteiger charge is 2.16. The number of rotatable bonds is 4. The molecule has 1 aromatic rings. The standard InChI is InChI=1S/C13H12Cl3N3O2/c14-8-10(9(15)12(16)18-11(8)13(20)21)19-17-6-7-4-2-1-3-5-7/h1-2,6,17H,3-5H2,(H,18,19)(H,20,21)/p-1. The minimum Gasteiger partial charge on any atom is -0.543 e. The van der Waals surface area contributed by atoms with E-state index in [1.807, 2.05) is 0 Å². The lowest BCUT2D eigenvalue weighted by atomic mass is 10.0. The van der Waals surface area contributed by atoms with Gasteiger partial charge in [-0.15, -0.1) is 0 Å². The number of aromatic carboxylic acids is 1. The molecule has 0 bridgehead atoms. The molecule has 1 aliphatic rings. The monoisotopic (exact) mass is 346 g/mol. The number of hydrogen-bond acceptors (Lipinski definition) is 5. The van der Waals surface area contributed by atoms with Crippen molar-refractivity contribution in [1.82, 2.24) is 10.4 Å². The number of hydrogen-bond donors (Lipinski definition) is 2. The first-order valence-corrected chi connectivity index (χ1v) is 7.24. The van der Waals surface area contributed by atoms with E-state index in [1.54, 1.807) is 6.20 Å². The molecule has 0 radical (unpaired) electrons. The minimum atomic E-state index is -1.53. The molecule has 0 saturated carbocycles. The van der Waals surface area contributed by atoms with Crippen molar-refractivity contribution in [2.75, 3.05) is 5.43 Å². The average Bonchev–Trinajstić information content (AvgIpc) is 2.47. The Morgan fingerprint density at radius 2 is 2.05 bits per heavy atom. The first-order valence-electron chi connectivity index (χ1n) is 6.11. The lowest BCUT2D eigenvalue weighted by Gasteiger charge is -2.15. The van der Waals surface area contributed by atoms with Crippen LogP contribution in [0.25, 0.3) is 0 Å². The molecule has 0 amide bonds. The Morgan fingerprint density at radius 3 is 2.67 bits per heavy atom. The maximum atomic E-state index is 10.9. The Labute approximate surface area is 136 Å². The van der Waals surface area contributed by atoms with E-state index in [-0.39, 0.29) is 20.9 Å². The Balaban J connectivity index is 2.19. The van der Waals surface area contributed by atoms with E-state index in [4.69, 9.17) is 34.8 Å². The molecule has 21 heavy (non-hydrogen) atoms. The van der Waals surface area contributed by atoms with Crippen molar-refractivity contribution in [3.63, 3.8) is 0 Å². The highest BCUT2D eigenvalue weighted by Crippen LogP contribution is 2.36. The van der Waals surface area contributed by atoms with Gasteiger partial charge in [0.2, 0.25) is 0 Å². The number of nitrogens with one attached hydrogen (secondary N) is 2. The maximum Gasteiger partial charge on any atom is 0.150 e. The van der Waals surface area contributed by atoms with Crippen molar-refractivity contribution in [2.45, 2.75) is 19.3 Å². The molecule has 112 valence electrons. The molecule has 0 saturated heterocycles. The zero-order chi connectivity index (χ0) is 15.4. The summed E-state index contributed by atoms with van der Waals surface area (Å²) in [7, 11) is 0. The van der Waals surface area contributed by atoms with Crippen LogP contribution < -0.4 is 16.0 Å². The van der Waals surface area contributed by atoms with E-state index in [0.717, 1.165) is 19.3 Å². The fraction of sp³-hybridized carbons (Fsp3) is 0.231. The summed E-state index contributed by atoms with van der Waals surface area (Å²) in [4.78, 5) is 14.5. The number of pyridine rings is 1. The SMILES string of the molecule is O=C([O-])c1nc(Cl)c(Cl)c(NNC=C2CC=CCC2)c1Cl. The molecule has 1 aromatic heterocycles. The van der Waals surface area contributed by atoms with Gasteiger partial charge in [0.1, 0.15) is 10.7 Å². The van der Waals surface area contributed by atoms with Crippen LogP contribution in [-0.2, 0) is 0 Å². The molecular weight excluding hydrogens is 337 g/mol. The average molecular weight is 348 g/mol. The van der Waals surface area contributed by atoms with E-state index in [1.165, 1.54) is 5.57 Å². The Morgan fingerprint density at radius 1 is 1.29 bits per heavy atom. The van der Waals surface area contributed by atoms with Crippen LogP contribution in [-0.4, -0.2) is 11.0 Å². The number of aromatic nitrogens is 1. The van der Waals surface area contributed by atoms with Gasteiger partial charge in [0.15, 0.2) is 5.15 Å². The van der Waals surface area contributed by atoms with Gasteiger partial charge in [-0.1, -0.05) is 47.0 Å². The quantitative estimate of drug-likeness (QED) is 0.497. The second-order valence-corrected chi connectivity index (χ2v) is 5.44. The Kier molecular flexibility index (Phi) is 5.33. The summed E-state index contributed by atoms with van der Waals surface area (Å²) in [5.41, 5.74) is 6.43. The van der Waals surface area contributed by atoms with Crippen LogP contribution >= 0.6 is 34.8 Å². The normalized spacial score (nSPS) is 16.0. The molecule has 0 aliphatic heterocycles. The highest BCUT2D eigenvalue weighted by molar-refractivity contribution is 6.46. The van der Waals surface area contributed by atoms with Gasteiger partial charge in [0.05, 0.1) is 16.7 Å². The number of nitrogens with zero attached hydrogens (tertiary/aromatic N) is 1. The van der Waals surface area contributed by atoms with E-state index in [2.05, 4.69) is 28.0 Å². The highest BCUT2D eigenvalue weighted by atomic mass is 35.5. The molecule has 0 aromatic carbocycles. The number of carbonyl (C=O) groups is 1. The predicted molar refractivity (Wildman–Crippen MR) is 81.4 cm³/mol. The number of hydrazine groups is 1. The number of carboxylic acid groups (broad SMARTS) is 1. The number of carbonyl (C=O) groups excluding carboxylic acids is 1. The summed E-state index contributed by atoms with van der Waals surface area (Å²) in [5, 5.41) is 10.6. The van der Waals surface area contributed by atoms with E-state index in [9.17, 15) is 9.90 Å². The molecule has 2 rings (SSSR count). The Bertz CT molecular complexity index is 630. The van der Waals surface area contributed by atoms with Crippen LogP contribution in [0.4, 0.5) is 5.69 Å². The van der Waals surface area contributed by atoms with Crippen LogP contribution in [0.5, 0.6) is 0 Å². The van der Waals surface area contributed by atoms with E-state index in [0.29, 0.717) is 0 Å². The first kappa shape index (κ1) is 15.9. The summed E-state index contributed by atoms with van der Waals surface area (Å²) >= 11 is 17.7. The van der Waals surface area contributed by atoms with E-state index >= 15 is 0 Å². The molecule has 8 heteroatoms. The summed E-state index contributed by atoms with van der Waals surface area (Å²) < 4.78 is 0.